The minimum absolute atomic E-state index is 0.00341. The van der Waals surface area contributed by atoms with Gasteiger partial charge < -0.3 is 4.98 Å². The van der Waals surface area contributed by atoms with Crippen molar-refractivity contribution in [3.05, 3.63) is 66.5 Å². The molecule has 1 heterocycles. The van der Waals surface area contributed by atoms with E-state index >= 15 is 0 Å². The van der Waals surface area contributed by atoms with Gasteiger partial charge in [0.25, 0.3) is 0 Å². The lowest BCUT2D eigenvalue weighted by molar-refractivity contribution is 0.553. The van der Waals surface area contributed by atoms with Gasteiger partial charge in [0.15, 0.2) is 0 Å². The summed E-state index contributed by atoms with van der Waals surface area (Å²) in [5, 5.41) is 0. The fourth-order valence-electron chi connectivity index (χ4n) is 2.35. The lowest BCUT2D eigenvalue weighted by Crippen LogP contribution is -2.13. The van der Waals surface area contributed by atoms with Crippen molar-refractivity contribution in [2.24, 2.45) is 0 Å². The monoisotopic (exact) mass is 276 g/mol. The Kier molecular flexibility index (Phi) is 3.38. The maximum atomic E-state index is 4.87. The summed E-state index contributed by atoms with van der Waals surface area (Å²) in [7, 11) is 0. The second-order valence-corrected chi connectivity index (χ2v) is 6.29. The molecule has 1 N–H and O–H groups in total. The Hall–Kier alpha value is -2.35. The quantitative estimate of drug-likeness (QED) is 0.697. The zero-order chi connectivity index (χ0) is 14.9. The number of nitrogens with zero attached hydrogens (tertiary/aromatic N) is 1. The van der Waals surface area contributed by atoms with E-state index < -0.39 is 0 Å². The van der Waals surface area contributed by atoms with Crippen molar-refractivity contribution in [3.63, 3.8) is 0 Å². The van der Waals surface area contributed by atoms with E-state index in [1.54, 1.807) is 0 Å². The van der Waals surface area contributed by atoms with Crippen molar-refractivity contribution < 1.29 is 0 Å². The SMILES string of the molecule is CC(C)(C)c1nc(-c2ccccc2)c(-c2ccccc2)[nH]1. The third-order valence-corrected chi connectivity index (χ3v) is 3.52. The zero-order valence-corrected chi connectivity index (χ0v) is 12.7. The number of rotatable bonds is 2. The molecule has 0 saturated heterocycles. The first-order valence-electron chi connectivity index (χ1n) is 7.27. The van der Waals surface area contributed by atoms with E-state index in [9.17, 15) is 0 Å². The third kappa shape index (κ3) is 2.75. The molecule has 0 saturated carbocycles. The Balaban J connectivity index is 2.20. The predicted molar refractivity (Wildman–Crippen MR) is 88.2 cm³/mol. The minimum atomic E-state index is -0.00341. The summed E-state index contributed by atoms with van der Waals surface area (Å²) in [6.45, 7) is 6.53. The number of benzene rings is 2. The molecule has 3 aromatic rings. The fourth-order valence-corrected chi connectivity index (χ4v) is 2.35. The largest absolute Gasteiger partial charge is 0.341 e. The van der Waals surface area contributed by atoms with E-state index in [2.05, 4.69) is 74.3 Å². The Morgan fingerprint density at radius 3 is 1.81 bits per heavy atom. The molecule has 0 spiro atoms. The maximum Gasteiger partial charge on any atom is 0.112 e. The molecule has 2 heteroatoms. The van der Waals surface area contributed by atoms with Gasteiger partial charge in [0.2, 0.25) is 0 Å². The van der Waals surface area contributed by atoms with Gasteiger partial charge in [-0.25, -0.2) is 4.98 Å². The molecule has 0 aliphatic rings. The maximum absolute atomic E-state index is 4.87. The second kappa shape index (κ2) is 5.21. The van der Waals surface area contributed by atoms with Gasteiger partial charge in [-0.1, -0.05) is 81.4 Å². The Bertz CT molecular complexity index is 662. The van der Waals surface area contributed by atoms with Crippen LogP contribution in [0.5, 0.6) is 0 Å². The number of hydrogen-bond acceptors (Lipinski definition) is 1. The molecule has 21 heavy (non-hydrogen) atoms. The van der Waals surface area contributed by atoms with Gasteiger partial charge in [-0.15, -0.1) is 0 Å². The van der Waals surface area contributed by atoms with Crippen LogP contribution in [0.2, 0.25) is 0 Å². The van der Waals surface area contributed by atoms with E-state index in [1.807, 2.05) is 12.1 Å². The average Bonchev–Trinajstić information content (AvgIpc) is 2.94. The van der Waals surface area contributed by atoms with E-state index in [4.69, 9.17) is 4.98 Å². The number of aromatic nitrogens is 2. The molecular weight excluding hydrogens is 256 g/mol. The molecule has 2 nitrogen and oxygen atoms in total. The van der Waals surface area contributed by atoms with Gasteiger partial charge in [-0.3, -0.25) is 0 Å². The van der Waals surface area contributed by atoms with Crippen LogP contribution < -0.4 is 0 Å². The highest BCUT2D eigenvalue weighted by molar-refractivity contribution is 5.78. The van der Waals surface area contributed by atoms with Crippen molar-refractivity contribution in [1.29, 1.82) is 0 Å². The summed E-state index contributed by atoms with van der Waals surface area (Å²) in [4.78, 5) is 8.40. The molecule has 0 unspecified atom stereocenters. The summed E-state index contributed by atoms with van der Waals surface area (Å²) in [6.07, 6.45) is 0. The highest BCUT2D eigenvalue weighted by Crippen LogP contribution is 2.33. The Morgan fingerprint density at radius 1 is 0.762 bits per heavy atom. The third-order valence-electron chi connectivity index (χ3n) is 3.52. The van der Waals surface area contributed by atoms with Crippen LogP contribution in [0.25, 0.3) is 22.5 Å². The lowest BCUT2D eigenvalue weighted by Gasteiger charge is -2.14. The molecule has 1 aromatic heterocycles. The molecule has 0 aliphatic carbocycles. The minimum Gasteiger partial charge on any atom is -0.341 e. The van der Waals surface area contributed by atoms with Crippen LogP contribution in [-0.4, -0.2) is 9.97 Å². The molecule has 2 aromatic carbocycles. The van der Waals surface area contributed by atoms with Crippen molar-refractivity contribution >= 4 is 0 Å². The topological polar surface area (TPSA) is 28.7 Å². The molecule has 0 bridgehead atoms. The van der Waals surface area contributed by atoms with Crippen molar-refractivity contribution in [2.45, 2.75) is 26.2 Å². The second-order valence-electron chi connectivity index (χ2n) is 6.29. The first-order valence-corrected chi connectivity index (χ1v) is 7.27. The standard InChI is InChI=1S/C19H20N2/c1-19(2,3)18-20-16(14-10-6-4-7-11-14)17(21-18)15-12-8-5-9-13-15/h4-13H,1-3H3,(H,20,21). The van der Waals surface area contributed by atoms with Crippen LogP contribution in [0.1, 0.15) is 26.6 Å². The molecule has 0 atom stereocenters. The van der Waals surface area contributed by atoms with Gasteiger partial charge in [-0.05, 0) is 0 Å². The summed E-state index contributed by atoms with van der Waals surface area (Å²) >= 11 is 0. The number of hydrogen-bond donors (Lipinski definition) is 1. The van der Waals surface area contributed by atoms with Crippen LogP contribution in [0, 0.1) is 0 Å². The van der Waals surface area contributed by atoms with Crippen LogP contribution in [0.3, 0.4) is 0 Å². The number of nitrogens with one attached hydrogen (secondary N) is 1. The van der Waals surface area contributed by atoms with E-state index in [-0.39, 0.29) is 5.41 Å². The highest BCUT2D eigenvalue weighted by atomic mass is 15.0. The van der Waals surface area contributed by atoms with E-state index in [0.29, 0.717) is 0 Å². The molecule has 0 fully saturated rings. The molecule has 0 aliphatic heterocycles. The van der Waals surface area contributed by atoms with Crippen molar-refractivity contribution in [1.82, 2.24) is 9.97 Å². The van der Waals surface area contributed by atoms with Gasteiger partial charge >= 0.3 is 0 Å². The van der Waals surface area contributed by atoms with Crippen LogP contribution in [-0.2, 0) is 5.41 Å². The summed E-state index contributed by atoms with van der Waals surface area (Å²) in [5.41, 5.74) is 4.41. The molecule has 106 valence electrons. The Labute approximate surface area is 125 Å². The van der Waals surface area contributed by atoms with Gasteiger partial charge in [0, 0.05) is 16.5 Å². The van der Waals surface area contributed by atoms with Crippen LogP contribution >= 0.6 is 0 Å². The van der Waals surface area contributed by atoms with Crippen LogP contribution in [0.4, 0.5) is 0 Å². The highest BCUT2D eigenvalue weighted by Gasteiger charge is 2.22. The molecule has 0 amide bonds. The smallest absolute Gasteiger partial charge is 0.112 e. The molecular formula is C19H20N2. The van der Waals surface area contributed by atoms with E-state index in [1.165, 1.54) is 5.56 Å². The predicted octanol–water partition coefficient (Wildman–Crippen LogP) is 5.04. The van der Waals surface area contributed by atoms with Gasteiger partial charge in [0.05, 0.1) is 11.4 Å². The summed E-state index contributed by atoms with van der Waals surface area (Å²) < 4.78 is 0. The number of aromatic amines is 1. The van der Waals surface area contributed by atoms with Gasteiger partial charge in [-0.2, -0.15) is 0 Å². The fraction of sp³-hybridized carbons (Fsp3) is 0.211. The Morgan fingerprint density at radius 2 is 1.29 bits per heavy atom. The van der Waals surface area contributed by atoms with Crippen molar-refractivity contribution in [2.75, 3.05) is 0 Å². The first kappa shape index (κ1) is 13.6. The summed E-state index contributed by atoms with van der Waals surface area (Å²) in [6, 6.07) is 20.7. The first-order chi connectivity index (χ1) is 10.1. The van der Waals surface area contributed by atoms with Crippen LogP contribution in [0.15, 0.2) is 60.7 Å². The molecule has 0 radical (unpaired) electrons. The van der Waals surface area contributed by atoms with E-state index in [0.717, 1.165) is 22.8 Å². The average molecular weight is 276 g/mol. The molecule has 3 rings (SSSR count). The van der Waals surface area contributed by atoms with Gasteiger partial charge in [0.1, 0.15) is 5.82 Å². The number of H-pyrrole nitrogens is 1. The zero-order valence-electron chi connectivity index (χ0n) is 12.7. The lowest BCUT2D eigenvalue weighted by atomic mass is 9.96. The normalized spacial score (nSPS) is 11.6. The van der Waals surface area contributed by atoms with Crippen molar-refractivity contribution in [3.8, 4) is 22.5 Å². The number of imidazole rings is 1. The summed E-state index contributed by atoms with van der Waals surface area (Å²) in [5.74, 6) is 1.01.